The number of rotatable bonds is 8. The van der Waals surface area contributed by atoms with Gasteiger partial charge in [0.25, 0.3) is 0 Å². The molecule has 4 heteroatoms. The Morgan fingerprint density at radius 2 is 2.11 bits per heavy atom. The fourth-order valence-electron chi connectivity index (χ4n) is 2.19. The van der Waals surface area contributed by atoms with Gasteiger partial charge in [-0.1, -0.05) is 13.8 Å². The third-order valence-corrected chi connectivity index (χ3v) is 3.97. The summed E-state index contributed by atoms with van der Waals surface area (Å²) in [5.41, 5.74) is 3.13. The van der Waals surface area contributed by atoms with Gasteiger partial charge in [0.1, 0.15) is 0 Å². The maximum atomic E-state index is 4.29. The molecule has 18 heavy (non-hydrogen) atoms. The summed E-state index contributed by atoms with van der Waals surface area (Å²) >= 11 is 1.77. The Morgan fingerprint density at radius 1 is 1.39 bits per heavy atom. The van der Waals surface area contributed by atoms with E-state index in [0.717, 1.165) is 25.4 Å². The predicted octanol–water partition coefficient (Wildman–Crippen LogP) is 2.56. The molecule has 1 heterocycles. The highest BCUT2D eigenvalue weighted by atomic mass is 32.1. The third kappa shape index (κ3) is 5.94. The fraction of sp³-hybridized carbons (Fsp3) is 0.786. The van der Waals surface area contributed by atoms with Crippen LogP contribution in [0.1, 0.15) is 30.8 Å². The standard InChI is InChI=1S/C14H27N3S/c1-11(2)8-13(9-17(4)5)15-7-6-14-12(3)16-10-18-14/h10-11,13,15H,6-9H2,1-5H3. The zero-order valence-electron chi connectivity index (χ0n) is 12.4. The van der Waals surface area contributed by atoms with Crippen molar-refractivity contribution in [3.8, 4) is 0 Å². The molecule has 0 amide bonds. The highest BCUT2D eigenvalue weighted by molar-refractivity contribution is 7.09. The molecule has 1 rings (SSSR count). The number of thiazole rings is 1. The number of aryl methyl sites for hydroxylation is 1. The summed E-state index contributed by atoms with van der Waals surface area (Å²) in [6.07, 6.45) is 2.33. The molecule has 1 atom stereocenters. The van der Waals surface area contributed by atoms with Gasteiger partial charge in [-0.15, -0.1) is 11.3 Å². The van der Waals surface area contributed by atoms with E-state index in [9.17, 15) is 0 Å². The van der Waals surface area contributed by atoms with Crippen molar-refractivity contribution >= 4 is 11.3 Å². The van der Waals surface area contributed by atoms with Crippen molar-refractivity contribution in [3.05, 3.63) is 16.1 Å². The number of nitrogens with one attached hydrogen (secondary N) is 1. The Bertz CT molecular complexity index is 324. The van der Waals surface area contributed by atoms with E-state index in [0.29, 0.717) is 6.04 Å². The van der Waals surface area contributed by atoms with Crippen molar-refractivity contribution in [2.45, 2.75) is 39.7 Å². The van der Waals surface area contributed by atoms with E-state index in [1.54, 1.807) is 11.3 Å². The van der Waals surface area contributed by atoms with Crippen LogP contribution in [0.15, 0.2) is 5.51 Å². The number of hydrogen-bond donors (Lipinski definition) is 1. The molecule has 0 saturated carbocycles. The minimum atomic E-state index is 0.591. The first-order valence-electron chi connectivity index (χ1n) is 6.76. The number of likely N-dealkylation sites (N-methyl/N-ethyl adjacent to an activating group) is 1. The van der Waals surface area contributed by atoms with Crippen molar-refractivity contribution in [2.75, 3.05) is 27.2 Å². The van der Waals surface area contributed by atoms with E-state index in [-0.39, 0.29) is 0 Å². The van der Waals surface area contributed by atoms with E-state index in [1.165, 1.54) is 17.0 Å². The molecule has 0 bridgehead atoms. The van der Waals surface area contributed by atoms with Gasteiger partial charge < -0.3 is 10.2 Å². The first kappa shape index (κ1) is 15.6. The van der Waals surface area contributed by atoms with E-state index in [1.807, 2.05) is 5.51 Å². The summed E-state index contributed by atoms with van der Waals surface area (Å²) in [6, 6.07) is 0.591. The van der Waals surface area contributed by atoms with Gasteiger partial charge in [-0.05, 0) is 39.8 Å². The van der Waals surface area contributed by atoms with Crippen LogP contribution in [0.2, 0.25) is 0 Å². The van der Waals surface area contributed by atoms with Gasteiger partial charge in [0.15, 0.2) is 0 Å². The zero-order valence-corrected chi connectivity index (χ0v) is 13.2. The third-order valence-electron chi connectivity index (χ3n) is 2.97. The van der Waals surface area contributed by atoms with Crippen LogP contribution in [0.5, 0.6) is 0 Å². The summed E-state index contributed by atoms with van der Waals surface area (Å²) < 4.78 is 0. The molecule has 0 saturated heterocycles. The Balaban J connectivity index is 2.34. The van der Waals surface area contributed by atoms with Gasteiger partial charge in [0.05, 0.1) is 11.2 Å². The zero-order chi connectivity index (χ0) is 13.5. The molecule has 1 N–H and O–H groups in total. The van der Waals surface area contributed by atoms with Crippen molar-refractivity contribution in [1.82, 2.24) is 15.2 Å². The quantitative estimate of drug-likeness (QED) is 0.786. The van der Waals surface area contributed by atoms with Gasteiger partial charge >= 0.3 is 0 Å². The van der Waals surface area contributed by atoms with Crippen molar-refractivity contribution in [1.29, 1.82) is 0 Å². The largest absolute Gasteiger partial charge is 0.312 e. The first-order valence-corrected chi connectivity index (χ1v) is 7.64. The van der Waals surface area contributed by atoms with Crippen LogP contribution in [0.4, 0.5) is 0 Å². The topological polar surface area (TPSA) is 28.2 Å². The maximum absolute atomic E-state index is 4.29. The molecule has 0 fully saturated rings. The Morgan fingerprint density at radius 3 is 2.61 bits per heavy atom. The lowest BCUT2D eigenvalue weighted by molar-refractivity contribution is 0.307. The molecule has 1 aromatic rings. The van der Waals surface area contributed by atoms with Gasteiger partial charge in [-0.3, -0.25) is 0 Å². The second-order valence-corrected chi connectivity index (χ2v) is 6.59. The Kier molecular flexibility index (Phi) is 6.82. The van der Waals surface area contributed by atoms with E-state index in [4.69, 9.17) is 0 Å². The lowest BCUT2D eigenvalue weighted by Crippen LogP contribution is -2.40. The van der Waals surface area contributed by atoms with E-state index >= 15 is 0 Å². The van der Waals surface area contributed by atoms with Crippen molar-refractivity contribution in [3.63, 3.8) is 0 Å². The number of nitrogens with zero attached hydrogens (tertiary/aromatic N) is 2. The average Bonchev–Trinajstić information content (AvgIpc) is 2.62. The van der Waals surface area contributed by atoms with Crippen molar-refractivity contribution in [2.24, 2.45) is 5.92 Å². The summed E-state index contributed by atoms with van der Waals surface area (Å²) in [5, 5.41) is 3.69. The van der Waals surface area contributed by atoms with E-state index < -0.39 is 0 Å². The second-order valence-electron chi connectivity index (χ2n) is 5.65. The summed E-state index contributed by atoms with van der Waals surface area (Å²) in [4.78, 5) is 7.97. The predicted molar refractivity (Wildman–Crippen MR) is 80.4 cm³/mol. The van der Waals surface area contributed by atoms with Crippen LogP contribution >= 0.6 is 11.3 Å². The SMILES string of the molecule is Cc1ncsc1CCNC(CC(C)C)CN(C)C. The van der Waals surface area contributed by atoms with Crippen LogP contribution in [0, 0.1) is 12.8 Å². The fourth-order valence-corrected chi connectivity index (χ4v) is 2.97. The molecule has 0 spiro atoms. The molecular weight excluding hydrogens is 242 g/mol. The first-order chi connectivity index (χ1) is 8.49. The summed E-state index contributed by atoms with van der Waals surface area (Å²) in [6.45, 7) is 8.83. The van der Waals surface area contributed by atoms with Gasteiger partial charge in [0.2, 0.25) is 0 Å². The van der Waals surface area contributed by atoms with Gasteiger partial charge in [-0.2, -0.15) is 0 Å². The number of aromatic nitrogens is 1. The normalized spacial score (nSPS) is 13.5. The Labute approximate surface area is 116 Å². The Hall–Kier alpha value is -0.450. The molecule has 0 aromatic carbocycles. The monoisotopic (exact) mass is 269 g/mol. The van der Waals surface area contributed by atoms with E-state index in [2.05, 4.69) is 50.1 Å². The molecule has 0 aliphatic carbocycles. The summed E-state index contributed by atoms with van der Waals surface area (Å²) in [5.74, 6) is 0.743. The van der Waals surface area contributed by atoms with Crippen LogP contribution in [0.25, 0.3) is 0 Å². The molecule has 1 aromatic heterocycles. The minimum absolute atomic E-state index is 0.591. The molecule has 3 nitrogen and oxygen atoms in total. The molecular formula is C14H27N3S. The summed E-state index contributed by atoms with van der Waals surface area (Å²) in [7, 11) is 4.28. The number of hydrogen-bond acceptors (Lipinski definition) is 4. The van der Waals surface area contributed by atoms with Crippen LogP contribution in [-0.2, 0) is 6.42 Å². The molecule has 0 radical (unpaired) electrons. The van der Waals surface area contributed by atoms with Crippen LogP contribution < -0.4 is 5.32 Å². The lowest BCUT2D eigenvalue weighted by Gasteiger charge is -2.24. The van der Waals surface area contributed by atoms with Gasteiger partial charge in [0, 0.05) is 24.0 Å². The van der Waals surface area contributed by atoms with Crippen molar-refractivity contribution < 1.29 is 0 Å². The molecule has 0 aliphatic rings. The van der Waals surface area contributed by atoms with Crippen LogP contribution in [-0.4, -0.2) is 43.1 Å². The highest BCUT2D eigenvalue weighted by Gasteiger charge is 2.11. The molecule has 104 valence electrons. The average molecular weight is 269 g/mol. The minimum Gasteiger partial charge on any atom is -0.312 e. The lowest BCUT2D eigenvalue weighted by atomic mass is 10.0. The smallest absolute Gasteiger partial charge is 0.0797 e. The van der Waals surface area contributed by atoms with Crippen LogP contribution in [0.3, 0.4) is 0 Å². The maximum Gasteiger partial charge on any atom is 0.0797 e. The second kappa shape index (κ2) is 7.87. The van der Waals surface area contributed by atoms with Gasteiger partial charge in [-0.25, -0.2) is 4.98 Å². The molecule has 0 aliphatic heterocycles. The molecule has 1 unspecified atom stereocenters. The highest BCUT2D eigenvalue weighted by Crippen LogP contribution is 2.12.